The number of nitrogens with two attached hydrogens (primary N) is 1. The Morgan fingerprint density at radius 3 is 2.74 bits per heavy atom. The van der Waals surface area contributed by atoms with E-state index in [1.807, 2.05) is 6.92 Å². The lowest BCUT2D eigenvalue weighted by Gasteiger charge is -2.22. The number of carbonyl (C=O) groups is 1. The molecule has 0 radical (unpaired) electrons. The normalized spacial score (nSPS) is 17.2. The molecule has 3 N–H and O–H groups in total. The van der Waals surface area contributed by atoms with Crippen LogP contribution in [0.2, 0.25) is 5.02 Å². The molecule has 1 amide bonds. The number of carbonyl (C=O) groups excluding carboxylic acids is 1. The Balaban J connectivity index is 2.07. The second kappa shape index (κ2) is 5.80. The molecular formula is C14H19ClN2O2. The van der Waals surface area contributed by atoms with Gasteiger partial charge in [0.15, 0.2) is 0 Å². The van der Waals surface area contributed by atoms with Gasteiger partial charge in [0, 0.05) is 5.69 Å². The highest BCUT2D eigenvalue weighted by atomic mass is 35.5. The van der Waals surface area contributed by atoms with E-state index >= 15 is 0 Å². The second-order valence-electron chi connectivity index (χ2n) is 4.90. The van der Waals surface area contributed by atoms with Crippen LogP contribution in [0, 0.1) is 0 Å². The third-order valence-corrected chi connectivity index (χ3v) is 3.73. The zero-order chi connectivity index (χ0) is 13.9. The van der Waals surface area contributed by atoms with Crippen LogP contribution in [0.3, 0.4) is 0 Å². The number of nitrogens with one attached hydrogen (secondary N) is 1. The summed E-state index contributed by atoms with van der Waals surface area (Å²) in [6, 6.07) is 5.20. The molecule has 0 aromatic heterocycles. The smallest absolute Gasteiger partial charge is 0.244 e. The molecule has 2 rings (SSSR count). The molecule has 1 saturated carbocycles. The van der Waals surface area contributed by atoms with Gasteiger partial charge in [-0.15, -0.1) is 0 Å². The van der Waals surface area contributed by atoms with E-state index in [0.717, 1.165) is 25.7 Å². The summed E-state index contributed by atoms with van der Waals surface area (Å²) in [5.74, 6) is 0.482. The van der Waals surface area contributed by atoms with Crippen molar-refractivity contribution in [1.29, 1.82) is 0 Å². The van der Waals surface area contributed by atoms with Gasteiger partial charge in [-0.25, -0.2) is 0 Å². The van der Waals surface area contributed by atoms with Crippen molar-refractivity contribution >= 4 is 23.2 Å². The van der Waals surface area contributed by atoms with Gasteiger partial charge in [-0.3, -0.25) is 4.79 Å². The van der Waals surface area contributed by atoms with Gasteiger partial charge in [-0.05, 0) is 38.0 Å². The third-order valence-electron chi connectivity index (χ3n) is 3.44. The molecule has 4 nitrogen and oxygen atoms in total. The van der Waals surface area contributed by atoms with Crippen LogP contribution in [0.4, 0.5) is 5.69 Å². The lowest BCUT2D eigenvalue weighted by atomic mass is 9.98. The van der Waals surface area contributed by atoms with Gasteiger partial charge in [-0.2, -0.15) is 0 Å². The highest BCUT2D eigenvalue weighted by Crippen LogP contribution is 2.31. The molecule has 0 spiro atoms. The number of hydrogen-bond acceptors (Lipinski definition) is 3. The molecule has 1 aliphatic carbocycles. The van der Waals surface area contributed by atoms with Crippen LogP contribution in [-0.2, 0) is 4.79 Å². The van der Waals surface area contributed by atoms with Crippen molar-refractivity contribution in [1.82, 2.24) is 0 Å². The van der Waals surface area contributed by atoms with Crippen molar-refractivity contribution in [2.24, 2.45) is 5.73 Å². The summed E-state index contributed by atoms with van der Waals surface area (Å²) in [5, 5.41) is 3.31. The van der Waals surface area contributed by atoms with Gasteiger partial charge in [0.25, 0.3) is 0 Å². The fourth-order valence-corrected chi connectivity index (χ4v) is 2.57. The van der Waals surface area contributed by atoms with E-state index in [0.29, 0.717) is 23.1 Å². The molecule has 1 aromatic rings. The summed E-state index contributed by atoms with van der Waals surface area (Å²) >= 11 is 6.08. The van der Waals surface area contributed by atoms with Crippen LogP contribution in [-0.4, -0.2) is 18.1 Å². The Labute approximate surface area is 118 Å². The van der Waals surface area contributed by atoms with E-state index in [9.17, 15) is 4.79 Å². The first-order valence-corrected chi connectivity index (χ1v) is 6.95. The summed E-state index contributed by atoms with van der Waals surface area (Å²) in [6.45, 7) is 2.45. The minimum Gasteiger partial charge on any atom is -0.492 e. The van der Waals surface area contributed by atoms with E-state index in [1.165, 1.54) is 0 Å². The van der Waals surface area contributed by atoms with Crippen molar-refractivity contribution < 1.29 is 9.53 Å². The maximum absolute atomic E-state index is 12.1. The SMILES string of the molecule is CCOc1ccc(NC(=O)C2(N)CCCC2)cc1Cl. The maximum atomic E-state index is 12.1. The Morgan fingerprint density at radius 1 is 1.47 bits per heavy atom. The first kappa shape index (κ1) is 14.2. The van der Waals surface area contributed by atoms with Crippen LogP contribution in [0.25, 0.3) is 0 Å². The van der Waals surface area contributed by atoms with Crippen LogP contribution in [0.15, 0.2) is 18.2 Å². The van der Waals surface area contributed by atoms with Crippen LogP contribution >= 0.6 is 11.6 Å². The van der Waals surface area contributed by atoms with E-state index in [2.05, 4.69) is 5.32 Å². The van der Waals surface area contributed by atoms with Crippen molar-refractivity contribution in [3.05, 3.63) is 23.2 Å². The van der Waals surface area contributed by atoms with Crippen LogP contribution in [0.1, 0.15) is 32.6 Å². The highest BCUT2D eigenvalue weighted by Gasteiger charge is 2.36. The van der Waals surface area contributed by atoms with Gasteiger partial charge in [0.2, 0.25) is 5.91 Å². The number of hydrogen-bond donors (Lipinski definition) is 2. The van der Waals surface area contributed by atoms with Gasteiger partial charge in [0.1, 0.15) is 5.75 Å². The Kier molecular flexibility index (Phi) is 4.32. The summed E-state index contributed by atoms with van der Waals surface area (Å²) in [5.41, 5.74) is 6.01. The van der Waals surface area contributed by atoms with Crippen molar-refractivity contribution in [2.75, 3.05) is 11.9 Å². The van der Waals surface area contributed by atoms with Gasteiger partial charge in [-0.1, -0.05) is 24.4 Å². The number of halogens is 1. The first-order valence-electron chi connectivity index (χ1n) is 6.58. The third kappa shape index (κ3) is 3.19. The average molecular weight is 283 g/mol. The lowest BCUT2D eigenvalue weighted by Crippen LogP contribution is -2.48. The fourth-order valence-electron chi connectivity index (χ4n) is 2.34. The summed E-state index contributed by atoms with van der Waals surface area (Å²) in [4.78, 5) is 12.1. The van der Waals surface area contributed by atoms with E-state index < -0.39 is 5.54 Å². The van der Waals surface area contributed by atoms with Gasteiger partial charge < -0.3 is 15.8 Å². The number of rotatable bonds is 4. The minimum atomic E-state index is -0.731. The molecule has 5 heteroatoms. The van der Waals surface area contributed by atoms with Crippen LogP contribution in [0.5, 0.6) is 5.75 Å². The molecular weight excluding hydrogens is 264 g/mol. The average Bonchev–Trinajstić information content (AvgIpc) is 2.81. The molecule has 104 valence electrons. The Bertz CT molecular complexity index is 471. The van der Waals surface area contributed by atoms with Crippen LogP contribution < -0.4 is 15.8 Å². The fraction of sp³-hybridized carbons (Fsp3) is 0.500. The standard InChI is InChI=1S/C14H19ClN2O2/c1-2-19-12-6-5-10(9-11(12)15)17-13(18)14(16)7-3-4-8-14/h5-6,9H,2-4,7-8,16H2,1H3,(H,17,18). The topological polar surface area (TPSA) is 64.3 Å². The number of anilines is 1. The molecule has 1 aliphatic rings. The molecule has 0 heterocycles. The first-order chi connectivity index (χ1) is 9.05. The molecule has 19 heavy (non-hydrogen) atoms. The highest BCUT2D eigenvalue weighted by molar-refractivity contribution is 6.32. The van der Waals surface area contributed by atoms with Crippen molar-refractivity contribution in [3.63, 3.8) is 0 Å². The molecule has 0 aliphatic heterocycles. The summed E-state index contributed by atoms with van der Waals surface area (Å²) in [6.07, 6.45) is 3.50. The molecule has 1 aromatic carbocycles. The van der Waals surface area contributed by atoms with Gasteiger partial charge in [0.05, 0.1) is 17.2 Å². The zero-order valence-corrected chi connectivity index (χ0v) is 11.8. The number of amides is 1. The second-order valence-corrected chi connectivity index (χ2v) is 5.30. The summed E-state index contributed by atoms with van der Waals surface area (Å²) < 4.78 is 5.35. The summed E-state index contributed by atoms with van der Waals surface area (Å²) in [7, 11) is 0. The van der Waals surface area contributed by atoms with E-state index in [4.69, 9.17) is 22.1 Å². The van der Waals surface area contributed by atoms with E-state index in [1.54, 1.807) is 18.2 Å². The van der Waals surface area contributed by atoms with Crippen molar-refractivity contribution in [3.8, 4) is 5.75 Å². The maximum Gasteiger partial charge on any atom is 0.244 e. The Morgan fingerprint density at radius 2 is 2.16 bits per heavy atom. The molecule has 0 unspecified atom stereocenters. The van der Waals surface area contributed by atoms with Crippen molar-refractivity contribution in [2.45, 2.75) is 38.1 Å². The predicted molar refractivity (Wildman–Crippen MR) is 76.6 cm³/mol. The predicted octanol–water partition coefficient (Wildman–Crippen LogP) is 2.95. The number of ether oxygens (including phenoxy) is 1. The molecule has 0 bridgehead atoms. The lowest BCUT2D eigenvalue weighted by molar-refractivity contribution is -0.121. The van der Waals surface area contributed by atoms with E-state index in [-0.39, 0.29) is 5.91 Å². The quantitative estimate of drug-likeness (QED) is 0.892. The minimum absolute atomic E-state index is 0.134. The van der Waals surface area contributed by atoms with Gasteiger partial charge >= 0.3 is 0 Å². The number of benzene rings is 1. The largest absolute Gasteiger partial charge is 0.492 e. The molecule has 0 saturated heterocycles. The Hall–Kier alpha value is -1.26. The molecule has 1 fully saturated rings. The monoisotopic (exact) mass is 282 g/mol. The molecule has 0 atom stereocenters. The zero-order valence-electron chi connectivity index (χ0n) is 11.0.